The van der Waals surface area contributed by atoms with E-state index in [1.165, 1.54) is 5.56 Å². The van der Waals surface area contributed by atoms with Crippen molar-refractivity contribution in [3.05, 3.63) is 29.3 Å². The predicted octanol–water partition coefficient (Wildman–Crippen LogP) is 2.76. The molecule has 1 heterocycles. The molecule has 2 N–H and O–H groups in total. The SMILES string of the molecule is Cc1ccc2c(c1)NC1CCCC1C2C(=O)O. The van der Waals surface area contributed by atoms with Gasteiger partial charge in [-0.3, -0.25) is 4.79 Å². The first kappa shape index (κ1) is 10.6. The van der Waals surface area contributed by atoms with E-state index in [4.69, 9.17) is 0 Å². The predicted molar refractivity (Wildman–Crippen MR) is 66.3 cm³/mol. The zero-order valence-electron chi connectivity index (χ0n) is 9.94. The van der Waals surface area contributed by atoms with E-state index in [2.05, 4.69) is 11.4 Å². The van der Waals surface area contributed by atoms with Gasteiger partial charge in [0.1, 0.15) is 0 Å². The van der Waals surface area contributed by atoms with Gasteiger partial charge in [-0.15, -0.1) is 0 Å². The molecule has 0 bridgehead atoms. The van der Waals surface area contributed by atoms with Gasteiger partial charge in [0.2, 0.25) is 0 Å². The number of fused-ring (bicyclic) bond motifs is 2. The molecule has 0 aromatic heterocycles. The number of carbonyl (C=O) groups is 1. The Bertz CT molecular complexity index is 469. The summed E-state index contributed by atoms with van der Waals surface area (Å²) in [6, 6.07) is 6.40. The number of nitrogens with one attached hydrogen (secondary N) is 1. The number of hydrogen-bond donors (Lipinski definition) is 2. The summed E-state index contributed by atoms with van der Waals surface area (Å²) in [5.41, 5.74) is 3.17. The standard InChI is InChI=1S/C14H17NO2/c1-8-5-6-10-12(7-8)15-11-4-2-3-9(11)13(10)14(16)17/h5-7,9,11,13,15H,2-4H2,1H3,(H,16,17). The van der Waals surface area contributed by atoms with Gasteiger partial charge < -0.3 is 10.4 Å². The van der Waals surface area contributed by atoms with Gasteiger partial charge in [0, 0.05) is 11.7 Å². The zero-order chi connectivity index (χ0) is 12.0. The molecule has 3 atom stereocenters. The second-order valence-electron chi connectivity index (χ2n) is 5.25. The molecule has 17 heavy (non-hydrogen) atoms. The molecule has 1 aliphatic heterocycles. The van der Waals surface area contributed by atoms with E-state index < -0.39 is 5.97 Å². The van der Waals surface area contributed by atoms with Gasteiger partial charge in [0.15, 0.2) is 0 Å². The molecule has 3 heteroatoms. The van der Waals surface area contributed by atoms with E-state index in [9.17, 15) is 9.90 Å². The Balaban J connectivity index is 2.09. The first-order valence-electron chi connectivity index (χ1n) is 6.26. The third kappa shape index (κ3) is 1.61. The molecule has 1 fully saturated rings. The van der Waals surface area contributed by atoms with Crippen molar-refractivity contribution in [2.24, 2.45) is 5.92 Å². The molecule has 1 aliphatic carbocycles. The van der Waals surface area contributed by atoms with Crippen molar-refractivity contribution in [3.63, 3.8) is 0 Å². The molecule has 0 radical (unpaired) electrons. The van der Waals surface area contributed by atoms with E-state index in [1.54, 1.807) is 0 Å². The molecule has 1 saturated carbocycles. The molecule has 0 amide bonds. The van der Waals surface area contributed by atoms with Crippen LogP contribution in [-0.2, 0) is 4.79 Å². The molecule has 3 nitrogen and oxygen atoms in total. The largest absolute Gasteiger partial charge is 0.481 e. The Labute approximate surface area is 101 Å². The lowest BCUT2D eigenvalue weighted by Crippen LogP contribution is -2.37. The summed E-state index contributed by atoms with van der Waals surface area (Å²) in [6.07, 6.45) is 3.27. The molecule has 1 aromatic rings. The first-order valence-corrected chi connectivity index (χ1v) is 6.26. The summed E-state index contributed by atoms with van der Waals surface area (Å²) in [5.74, 6) is -0.726. The smallest absolute Gasteiger partial charge is 0.311 e. The molecule has 2 aliphatic rings. The van der Waals surface area contributed by atoms with Gasteiger partial charge in [-0.2, -0.15) is 0 Å². The Morgan fingerprint density at radius 2 is 2.24 bits per heavy atom. The van der Waals surface area contributed by atoms with Crippen molar-refractivity contribution >= 4 is 11.7 Å². The molecule has 0 saturated heterocycles. The highest BCUT2D eigenvalue weighted by atomic mass is 16.4. The number of anilines is 1. The van der Waals surface area contributed by atoms with Crippen molar-refractivity contribution in [1.29, 1.82) is 0 Å². The molecule has 3 unspecified atom stereocenters. The molecule has 0 spiro atoms. The fraction of sp³-hybridized carbons (Fsp3) is 0.500. The van der Waals surface area contributed by atoms with Crippen molar-refractivity contribution in [1.82, 2.24) is 0 Å². The van der Waals surface area contributed by atoms with E-state index >= 15 is 0 Å². The van der Waals surface area contributed by atoms with Crippen LogP contribution in [0.5, 0.6) is 0 Å². The molecule has 90 valence electrons. The lowest BCUT2D eigenvalue weighted by Gasteiger charge is -2.35. The monoisotopic (exact) mass is 231 g/mol. The number of rotatable bonds is 1. The normalized spacial score (nSPS) is 30.3. The number of carboxylic acids is 1. The van der Waals surface area contributed by atoms with E-state index in [-0.39, 0.29) is 11.8 Å². The Morgan fingerprint density at radius 3 is 3.00 bits per heavy atom. The second kappa shape index (κ2) is 3.76. The maximum absolute atomic E-state index is 11.5. The number of carboxylic acid groups (broad SMARTS) is 1. The van der Waals surface area contributed by atoms with Crippen LogP contribution in [0.25, 0.3) is 0 Å². The molecular formula is C14H17NO2. The molecule has 1 aromatic carbocycles. The highest BCUT2D eigenvalue weighted by molar-refractivity contribution is 5.81. The van der Waals surface area contributed by atoms with Crippen LogP contribution in [0.3, 0.4) is 0 Å². The highest BCUT2D eigenvalue weighted by Gasteiger charge is 2.42. The van der Waals surface area contributed by atoms with Crippen LogP contribution in [0.1, 0.15) is 36.3 Å². The molecule has 3 rings (SSSR count). The van der Waals surface area contributed by atoms with Crippen LogP contribution in [-0.4, -0.2) is 17.1 Å². The maximum atomic E-state index is 11.5. The van der Waals surface area contributed by atoms with Crippen molar-refractivity contribution < 1.29 is 9.90 Å². The lowest BCUT2D eigenvalue weighted by atomic mass is 9.78. The number of aliphatic carboxylic acids is 1. The van der Waals surface area contributed by atoms with Crippen LogP contribution < -0.4 is 5.32 Å². The topological polar surface area (TPSA) is 49.3 Å². The number of benzene rings is 1. The van der Waals surface area contributed by atoms with E-state index in [0.29, 0.717) is 6.04 Å². The fourth-order valence-electron chi connectivity index (χ4n) is 3.38. The van der Waals surface area contributed by atoms with Crippen LogP contribution in [0.2, 0.25) is 0 Å². The average Bonchev–Trinajstić information content (AvgIpc) is 2.72. The van der Waals surface area contributed by atoms with Crippen molar-refractivity contribution in [2.75, 3.05) is 5.32 Å². The quantitative estimate of drug-likeness (QED) is 0.781. The van der Waals surface area contributed by atoms with Gasteiger partial charge in [0.25, 0.3) is 0 Å². The second-order valence-corrected chi connectivity index (χ2v) is 5.25. The lowest BCUT2D eigenvalue weighted by molar-refractivity contribution is -0.140. The Kier molecular flexibility index (Phi) is 2.35. The van der Waals surface area contributed by atoms with Gasteiger partial charge in [-0.1, -0.05) is 18.6 Å². The average molecular weight is 231 g/mol. The Morgan fingerprint density at radius 1 is 1.41 bits per heavy atom. The first-order chi connectivity index (χ1) is 8.16. The third-order valence-corrected chi connectivity index (χ3v) is 4.15. The highest BCUT2D eigenvalue weighted by Crippen LogP contribution is 2.45. The maximum Gasteiger partial charge on any atom is 0.311 e. The number of aryl methyl sites for hydroxylation is 1. The minimum absolute atomic E-state index is 0.266. The minimum atomic E-state index is -0.673. The summed E-state index contributed by atoms with van der Waals surface area (Å²) < 4.78 is 0. The summed E-state index contributed by atoms with van der Waals surface area (Å²) in [5, 5.41) is 13.0. The summed E-state index contributed by atoms with van der Waals surface area (Å²) in [4.78, 5) is 11.5. The third-order valence-electron chi connectivity index (χ3n) is 4.15. The van der Waals surface area contributed by atoms with E-state index in [0.717, 1.165) is 30.5 Å². The Hall–Kier alpha value is -1.51. The van der Waals surface area contributed by atoms with Gasteiger partial charge in [-0.25, -0.2) is 0 Å². The summed E-state index contributed by atoms with van der Waals surface area (Å²) >= 11 is 0. The zero-order valence-corrected chi connectivity index (χ0v) is 9.94. The van der Waals surface area contributed by atoms with Crippen molar-refractivity contribution in [3.8, 4) is 0 Å². The minimum Gasteiger partial charge on any atom is -0.481 e. The van der Waals surface area contributed by atoms with Gasteiger partial charge in [-0.05, 0) is 42.9 Å². The van der Waals surface area contributed by atoms with Crippen LogP contribution >= 0.6 is 0 Å². The fourth-order valence-corrected chi connectivity index (χ4v) is 3.38. The number of hydrogen-bond acceptors (Lipinski definition) is 2. The van der Waals surface area contributed by atoms with Crippen LogP contribution in [0, 0.1) is 12.8 Å². The van der Waals surface area contributed by atoms with Crippen LogP contribution in [0.15, 0.2) is 18.2 Å². The summed E-state index contributed by atoms with van der Waals surface area (Å²) in [7, 11) is 0. The van der Waals surface area contributed by atoms with Crippen molar-refractivity contribution in [2.45, 2.75) is 38.1 Å². The van der Waals surface area contributed by atoms with Gasteiger partial charge in [0.05, 0.1) is 5.92 Å². The summed E-state index contributed by atoms with van der Waals surface area (Å²) in [6.45, 7) is 2.04. The van der Waals surface area contributed by atoms with Crippen LogP contribution in [0.4, 0.5) is 5.69 Å². The van der Waals surface area contributed by atoms with E-state index in [1.807, 2.05) is 19.1 Å². The molecular weight excluding hydrogens is 214 g/mol. The van der Waals surface area contributed by atoms with Gasteiger partial charge >= 0.3 is 5.97 Å².